The molecule has 0 bridgehead atoms. The number of nitrogens with zero attached hydrogens (tertiary/aromatic N) is 4. The van der Waals surface area contributed by atoms with E-state index in [2.05, 4.69) is 25.0 Å². The van der Waals surface area contributed by atoms with Crippen LogP contribution >= 0.6 is 0 Å². The molecular formula is C10H7N5O4. The van der Waals surface area contributed by atoms with E-state index >= 15 is 0 Å². The normalized spacial score (nSPS) is 10.7. The molecule has 3 rings (SSSR count). The Hall–Kier alpha value is -2.97. The van der Waals surface area contributed by atoms with Crippen LogP contribution in [-0.2, 0) is 6.54 Å². The summed E-state index contributed by atoms with van der Waals surface area (Å²) in [6.07, 6.45) is 1.20. The number of benzene rings is 1. The highest BCUT2D eigenvalue weighted by molar-refractivity contribution is 5.83. The summed E-state index contributed by atoms with van der Waals surface area (Å²) >= 11 is 0. The van der Waals surface area contributed by atoms with Crippen molar-refractivity contribution in [3.8, 4) is 0 Å². The van der Waals surface area contributed by atoms with E-state index < -0.39 is 4.92 Å². The highest BCUT2D eigenvalue weighted by Crippen LogP contribution is 2.27. The first-order valence-electron chi connectivity index (χ1n) is 5.27. The second kappa shape index (κ2) is 4.37. The molecule has 0 aliphatic heterocycles. The molecule has 19 heavy (non-hydrogen) atoms. The maximum absolute atomic E-state index is 10.8. The van der Waals surface area contributed by atoms with E-state index in [1.165, 1.54) is 18.5 Å². The number of nitro benzene ring substituents is 1. The highest BCUT2D eigenvalue weighted by Gasteiger charge is 2.17. The molecule has 2 aromatic heterocycles. The fourth-order valence-corrected chi connectivity index (χ4v) is 1.58. The number of nitrogens with one attached hydrogen (secondary N) is 1. The molecular weight excluding hydrogens is 254 g/mol. The van der Waals surface area contributed by atoms with Crippen molar-refractivity contribution in [2.75, 3.05) is 5.32 Å². The van der Waals surface area contributed by atoms with Crippen molar-refractivity contribution in [3.05, 3.63) is 40.5 Å². The SMILES string of the molecule is O=[N+]([O-])c1cccc2oc(NCc3ncon3)nc12. The number of para-hydroxylation sites is 1. The van der Waals surface area contributed by atoms with Gasteiger partial charge in [0.2, 0.25) is 6.39 Å². The Morgan fingerprint density at radius 2 is 2.32 bits per heavy atom. The molecule has 1 N–H and O–H groups in total. The van der Waals surface area contributed by atoms with Gasteiger partial charge in [-0.3, -0.25) is 10.1 Å². The molecule has 3 aromatic rings. The van der Waals surface area contributed by atoms with Gasteiger partial charge in [0.15, 0.2) is 16.9 Å². The minimum atomic E-state index is -0.506. The lowest BCUT2D eigenvalue weighted by Crippen LogP contribution is -2.01. The standard InChI is InChI=1S/C10H7N5O4/c16-15(17)6-2-1-3-7-9(6)13-10(19-7)11-4-8-12-5-18-14-8/h1-3,5H,4H2,(H,11,13). The van der Waals surface area contributed by atoms with E-state index in [-0.39, 0.29) is 23.8 Å². The second-order valence-electron chi connectivity index (χ2n) is 3.60. The average molecular weight is 261 g/mol. The Labute approximate surface area is 105 Å². The summed E-state index contributed by atoms with van der Waals surface area (Å²) in [6, 6.07) is 4.67. The Morgan fingerprint density at radius 1 is 1.42 bits per heavy atom. The Bertz CT molecular complexity index is 721. The predicted octanol–water partition coefficient (Wildman–Crippen LogP) is 1.73. The monoisotopic (exact) mass is 261 g/mol. The quantitative estimate of drug-likeness (QED) is 0.556. The largest absolute Gasteiger partial charge is 0.423 e. The lowest BCUT2D eigenvalue weighted by Gasteiger charge is -1.94. The minimum absolute atomic E-state index is 0.103. The lowest BCUT2D eigenvalue weighted by atomic mass is 10.3. The molecule has 0 aliphatic carbocycles. The summed E-state index contributed by atoms with van der Waals surface area (Å²) in [4.78, 5) is 18.2. The summed E-state index contributed by atoms with van der Waals surface area (Å²) in [7, 11) is 0. The maximum atomic E-state index is 10.8. The van der Waals surface area contributed by atoms with E-state index in [1.54, 1.807) is 6.07 Å². The summed E-state index contributed by atoms with van der Waals surface area (Å²) in [5.41, 5.74) is 0.432. The number of hydrogen-bond donors (Lipinski definition) is 1. The van der Waals surface area contributed by atoms with Gasteiger partial charge in [-0.05, 0) is 6.07 Å². The van der Waals surface area contributed by atoms with Gasteiger partial charge in [-0.1, -0.05) is 11.2 Å². The van der Waals surface area contributed by atoms with Gasteiger partial charge in [-0.2, -0.15) is 9.97 Å². The van der Waals surface area contributed by atoms with Crippen LogP contribution < -0.4 is 5.32 Å². The van der Waals surface area contributed by atoms with Crippen LogP contribution in [0.25, 0.3) is 11.1 Å². The second-order valence-corrected chi connectivity index (χ2v) is 3.60. The lowest BCUT2D eigenvalue weighted by molar-refractivity contribution is -0.383. The van der Waals surface area contributed by atoms with Crippen LogP contribution in [0.4, 0.5) is 11.7 Å². The zero-order valence-corrected chi connectivity index (χ0v) is 9.44. The van der Waals surface area contributed by atoms with Gasteiger partial charge in [0.1, 0.15) is 0 Å². The van der Waals surface area contributed by atoms with Gasteiger partial charge in [0.25, 0.3) is 11.7 Å². The first-order chi connectivity index (χ1) is 9.24. The van der Waals surface area contributed by atoms with E-state index in [4.69, 9.17) is 4.42 Å². The Balaban J connectivity index is 1.89. The predicted molar refractivity (Wildman–Crippen MR) is 62.3 cm³/mol. The van der Waals surface area contributed by atoms with E-state index in [0.29, 0.717) is 11.4 Å². The van der Waals surface area contributed by atoms with Crippen LogP contribution in [0.5, 0.6) is 0 Å². The molecule has 0 amide bonds. The number of fused-ring (bicyclic) bond motifs is 1. The van der Waals surface area contributed by atoms with Crippen molar-refractivity contribution in [2.24, 2.45) is 0 Å². The third-order valence-electron chi connectivity index (χ3n) is 2.40. The average Bonchev–Trinajstić information content (AvgIpc) is 3.04. The molecule has 9 heteroatoms. The molecule has 0 aliphatic rings. The molecule has 0 saturated carbocycles. The zero-order valence-electron chi connectivity index (χ0n) is 9.44. The molecule has 1 aromatic carbocycles. The molecule has 0 unspecified atom stereocenters. The maximum Gasteiger partial charge on any atom is 0.298 e. The van der Waals surface area contributed by atoms with Crippen molar-refractivity contribution >= 4 is 22.8 Å². The fourth-order valence-electron chi connectivity index (χ4n) is 1.58. The molecule has 0 fully saturated rings. The van der Waals surface area contributed by atoms with E-state index in [9.17, 15) is 10.1 Å². The van der Waals surface area contributed by atoms with Crippen molar-refractivity contribution in [3.63, 3.8) is 0 Å². The first kappa shape index (κ1) is 11.1. The van der Waals surface area contributed by atoms with Crippen LogP contribution in [0.1, 0.15) is 5.82 Å². The van der Waals surface area contributed by atoms with Gasteiger partial charge < -0.3 is 14.3 Å². The number of nitro groups is 1. The number of rotatable bonds is 4. The first-order valence-corrected chi connectivity index (χ1v) is 5.27. The van der Waals surface area contributed by atoms with E-state index in [0.717, 1.165) is 0 Å². The van der Waals surface area contributed by atoms with Crippen LogP contribution in [0.15, 0.2) is 33.5 Å². The molecule has 0 atom stereocenters. The van der Waals surface area contributed by atoms with Gasteiger partial charge in [-0.15, -0.1) is 0 Å². The summed E-state index contributed by atoms with van der Waals surface area (Å²) in [5.74, 6) is 0.428. The number of hydrogen-bond acceptors (Lipinski definition) is 8. The fraction of sp³-hybridized carbons (Fsp3) is 0.100. The topological polar surface area (TPSA) is 120 Å². The third kappa shape index (κ3) is 2.08. The highest BCUT2D eigenvalue weighted by atomic mass is 16.6. The molecule has 9 nitrogen and oxygen atoms in total. The van der Waals surface area contributed by atoms with Crippen LogP contribution in [-0.4, -0.2) is 20.0 Å². The molecule has 96 valence electrons. The van der Waals surface area contributed by atoms with Crippen LogP contribution in [0, 0.1) is 10.1 Å². The summed E-state index contributed by atoms with van der Waals surface area (Å²) < 4.78 is 9.92. The Morgan fingerprint density at radius 3 is 3.05 bits per heavy atom. The van der Waals surface area contributed by atoms with Crippen LogP contribution in [0.2, 0.25) is 0 Å². The number of anilines is 1. The molecule has 0 saturated heterocycles. The zero-order chi connectivity index (χ0) is 13.2. The summed E-state index contributed by atoms with van der Waals surface area (Å²) in [5, 5.41) is 17.3. The third-order valence-corrected chi connectivity index (χ3v) is 2.40. The molecule has 0 radical (unpaired) electrons. The smallest absolute Gasteiger partial charge is 0.298 e. The number of non-ortho nitro benzene ring substituents is 1. The number of aromatic nitrogens is 3. The van der Waals surface area contributed by atoms with Crippen molar-refractivity contribution in [2.45, 2.75) is 6.54 Å². The van der Waals surface area contributed by atoms with Crippen LogP contribution in [0.3, 0.4) is 0 Å². The summed E-state index contributed by atoms with van der Waals surface area (Å²) in [6.45, 7) is 0.247. The van der Waals surface area contributed by atoms with Gasteiger partial charge in [-0.25, -0.2) is 0 Å². The number of oxazole rings is 1. The van der Waals surface area contributed by atoms with E-state index in [1.807, 2.05) is 0 Å². The molecule has 2 heterocycles. The van der Waals surface area contributed by atoms with Gasteiger partial charge >= 0.3 is 0 Å². The van der Waals surface area contributed by atoms with Crippen molar-refractivity contribution in [1.82, 2.24) is 15.1 Å². The van der Waals surface area contributed by atoms with Crippen molar-refractivity contribution < 1.29 is 13.9 Å². The minimum Gasteiger partial charge on any atom is -0.423 e. The molecule has 0 spiro atoms. The van der Waals surface area contributed by atoms with Gasteiger partial charge in [0, 0.05) is 6.07 Å². The van der Waals surface area contributed by atoms with Gasteiger partial charge in [0.05, 0.1) is 11.5 Å². The van der Waals surface area contributed by atoms with Crippen molar-refractivity contribution in [1.29, 1.82) is 0 Å². The Kier molecular flexibility index (Phi) is 2.56.